The molecule has 2 N–H and O–H groups in total. The van der Waals surface area contributed by atoms with E-state index >= 15 is 0 Å². The van der Waals surface area contributed by atoms with Gasteiger partial charge in [-0.1, -0.05) is 46.3 Å². The quantitative estimate of drug-likeness (QED) is 0.193. The molecule has 1 aliphatic rings. The lowest BCUT2D eigenvalue weighted by molar-refractivity contribution is -0.139. The number of nitrogens with one attached hydrogen (secondary N) is 1. The third-order valence-corrected chi connectivity index (χ3v) is 6.86. The summed E-state index contributed by atoms with van der Waals surface area (Å²) in [7, 11) is 1.56. The van der Waals surface area contributed by atoms with Gasteiger partial charge in [-0.3, -0.25) is 9.59 Å². The van der Waals surface area contributed by atoms with Gasteiger partial charge in [0.05, 0.1) is 18.7 Å². The topological polar surface area (TPSA) is 82.6 Å². The average molecular weight is 531 g/mol. The molecular formula is C28H23BrN2O4. The molecule has 1 amide bonds. The van der Waals surface area contributed by atoms with Crippen molar-refractivity contribution < 1.29 is 19.4 Å². The number of Topliss-reactive ketones (excluding diaryl/α,β-unsaturated/α-hetero) is 1. The van der Waals surface area contributed by atoms with Crippen molar-refractivity contribution in [3.63, 3.8) is 0 Å². The summed E-state index contributed by atoms with van der Waals surface area (Å²) in [5.74, 6) is -0.887. The Morgan fingerprint density at radius 3 is 2.57 bits per heavy atom. The van der Waals surface area contributed by atoms with E-state index in [2.05, 4.69) is 20.9 Å². The summed E-state index contributed by atoms with van der Waals surface area (Å²) >= 11 is 3.49. The summed E-state index contributed by atoms with van der Waals surface area (Å²) in [6.07, 6.45) is 2.50. The third kappa shape index (κ3) is 4.23. The van der Waals surface area contributed by atoms with Gasteiger partial charge in [-0.15, -0.1) is 0 Å². The molecule has 0 spiro atoms. The van der Waals surface area contributed by atoms with Crippen molar-refractivity contribution in [3.8, 4) is 5.75 Å². The van der Waals surface area contributed by atoms with Crippen molar-refractivity contribution in [3.05, 3.63) is 106 Å². The second kappa shape index (κ2) is 9.43. The van der Waals surface area contributed by atoms with Crippen LogP contribution in [-0.2, 0) is 16.0 Å². The minimum atomic E-state index is -0.709. The first-order valence-electron chi connectivity index (χ1n) is 11.2. The lowest BCUT2D eigenvalue weighted by Gasteiger charge is -2.25. The van der Waals surface area contributed by atoms with E-state index < -0.39 is 17.7 Å². The number of fused-ring (bicyclic) bond motifs is 1. The number of nitrogens with zero attached hydrogens (tertiary/aromatic N) is 1. The number of aliphatic hydroxyl groups excluding tert-OH is 1. The maximum Gasteiger partial charge on any atom is 0.295 e. The number of aliphatic hydroxyl groups is 1. The van der Waals surface area contributed by atoms with Gasteiger partial charge in [-0.2, -0.15) is 0 Å². The number of carbonyl (C=O) groups is 2. The Morgan fingerprint density at radius 1 is 1.06 bits per heavy atom. The highest BCUT2D eigenvalue weighted by Crippen LogP contribution is 2.40. The number of ether oxygens (including phenoxy) is 1. The molecule has 1 atom stereocenters. The van der Waals surface area contributed by atoms with Crippen LogP contribution < -0.4 is 4.74 Å². The fourth-order valence-corrected chi connectivity index (χ4v) is 5.03. The Bertz CT molecular complexity index is 1460. The number of H-pyrrole nitrogens is 1. The lowest BCUT2D eigenvalue weighted by atomic mass is 9.95. The number of ketones is 1. The second-order valence-electron chi connectivity index (χ2n) is 8.39. The van der Waals surface area contributed by atoms with E-state index in [1.807, 2.05) is 54.7 Å². The molecule has 1 aliphatic heterocycles. The van der Waals surface area contributed by atoms with Crippen LogP contribution in [0.5, 0.6) is 5.75 Å². The number of amides is 1. The Labute approximate surface area is 211 Å². The highest BCUT2D eigenvalue weighted by Gasteiger charge is 2.45. The molecule has 0 aliphatic carbocycles. The summed E-state index contributed by atoms with van der Waals surface area (Å²) in [6.45, 7) is 0.322. The molecule has 5 rings (SSSR count). The first kappa shape index (κ1) is 22.9. The fraction of sp³-hybridized carbons (Fsp3) is 0.143. The number of aromatic nitrogens is 1. The molecule has 2 heterocycles. The maximum absolute atomic E-state index is 13.2. The normalized spacial score (nSPS) is 17.3. The van der Waals surface area contributed by atoms with Crippen molar-refractivity contribution >= 4 is 44.3 Å². The molecule has 7 heteroatoms. The molecule has 176 valence electrons. The molecule has 0 bridgehead atoms. The van der Waals surface area contributed by atoms with E-state index in [9.17, 15) is 14.7 Å². The number of hydrogen-bond donors (Lipinski definition) is 2. The zero-order valence-corrected chi connectivity index (χ0v) is 20.6. The van der Waals surface area contributed by atoms with Gasteiger partial charge >= 0.3 is 0 Å². The monoisotopic (exact) mass is 530 g/mol. The Morgan fingerprint density at radius 2 is 1.83 bits per heavy atom. The number of carbonyl (C=O) groups excluding carboxylic acids is 2. The number of hydrogen-bond acceptors (Lipinski definition) is 4. The lowest BCUT2D eigenvalue weighted by Crippen LogP contribution is -2.31. The predicted molar refractivity (Wildman–Crippen MR) is 138 cm³/mol. The fourth-order valence-electron chi connectivity index (χ4n) is 4.62. The van der Waals surface area contributed by atoms with Crippen molar-refractivity contribution in [2.75, 3.05) is 13.7 Å². The van der Waals surface area contributed by atoms with E-state index in [0.29, 0.717) is 24.3 Å². The molecule has 0 radical (unpaired) electrons. The van der Waals surface area contributed by atoms with Crippen molar-refractivity contribution in [2.24, 2.45) is 0 Å². The standard InChI is InChI=1S/C28H23BrN2O4/c1-35-21-11-9-17(10-12-21)26(32)24-25(18-5-4-6-20(29)15-18)31(28(34)27(24)33)14-13-19-16-30-23-8-3-2-7-22(19)23/h2-12,15-16,25,30,32H,13-14H2,1H3/t25-/m0/s1. The molecular weight excluding hydrogens is 508 g/mol. The number of halogens is 1. The van der Waals surface area contributed by atoms with Crippen LogP contribution in [0.4, 0.5) is 0 Å². The van der Waals surface area contributed by atoms with Gasteiger partial charge in [0.1, 0.15) is 11.5 Å². The average Bonchev–Trinajstić information content (AvgIpc) is 3.40. The number of aromatic amines is 1. The molecule has 0 saturated carbocycles. The zero-order valence-electron chi connectivity index (χ0n) is 19.0. The van der Waals surface area contributed by atoms with E-state index in [1.54, 1.807) is 36.3 Å². The van der Waals surface area contributed by atoms with Crippen molar-refractivity contribution in [2.45, 2.75) is 12.5 Å². The number of methoxy groups -OCH3 is 1. The zero-order chi connectivity index (χ0) is 24.5. The minimum absolute atomic E-state index is 0.0807. The van der Waals surface area contributed by atoms with Crippen LogP contribution in [0.2, 0.25) is 0 Å². The molecule has 4 aromatic rings. The molecule has 3 aromatic carbocycles. The maximum atomic E-state index is 13.2. The summed E-state index contributed by atoms with van der Waals surface area (Å²) in [6, 6.07) is 21.5. The van der Waals surface area contributed by atoms with E-state index in [0.717, 1.165) is 26.5 Å². The van der Waals surface area contributed by atoms with Crippen molar-refractivity contribution in [1.29, 1.82) is 0 Å². The van der Waals surface area contributed by atoms with Gasteiger partial charge in [0.25, 0.3) is 11.7 Å². The van der Waals surface area contributed by atoms with Crippen LogP contribution in [0.15, 0.2) is 89.0 Å². The van der Waals surface area contributed by atoms with Crippen LogP contribution in [-0.4, -0.2) is 40.3 Å². The molecule has 1 fully saturated rings. The summed E-state index contributed by atoms with van der Waals surface area (Å²) < 4.78 is 6.02. The van der Waals surface area contributed by atoms with E-state index in [-0.39, 0.29) is 11.3 Å². The highest BCUT2D eigenvalue weighted by atomic mass is 79.9. The number of rotatable bonds is 6. The summed E-state index contributed by atoms with van der Waals surface area (Å²) in [5, 5.41) is 12.3. The van der Waals surface area contributed by atoms with Gasteiger partial charge < -0.3 is 19.7 Å². The molecule has 6 nitrogen and oxygen atoms in total. The van der Waals surface area contributed by atoms with Gasteiger partial charge in [0, 0.05) is 33.7 Å². The van der Waals surface area contributed by atoms with Crippen molar-refractivity contribution in [1.82, 2.24) is 9.88 Å². The van der Waals surface area contributed by atoms with E-state index in [1.165, 1.54) is 0 Å². The Hall–Kier alpha value is -3.84. The predicted octanol–water partition coefficient (Wildman–Crippen LogP) is 5.60. The van der Waals surface area contributed by atoms with Crippen LogP contribution in [0.25, 0.3) is 16.7 Å². The van der Waals surface area contributed by atoms with E-state index in [4.69, 9.17) is 4.74 Å². The SMILES string of the molecule is COc1ccc(C(O)=C2C(=O)C(=O)N(CCc3c[nH]c4ccccc34)[C@H]2c2cccc(Br)c2)cc1. The second-order valence-corrected chi connectivity index (χ2v) is 9.30. The summed E-state index contributed by atoms with van der Waals surface area (Å²) in [5.41, 5.74) is 3.35. The Kier molecular flexibility index (Phi) is 6.17. The van der Waals surface area contributed by atoms with Crippen LogP contribution >= 0.6 is 15.9 Å². The minimum Gasteiger partial charge on any atom is -0.507 e. The van der Waals surface area contributed by atoms with Gasteiger partial charge in [-0.25, -0.2) is 0 Å². The van der Waals surface area contributed by atoms with Gasteiger partial charge in [0.15, 0.2) is 0 Å². The highest BCUT2D eigenvalue weighted by molar-refractivity contribution is 9.10. The van der Waals surface area contributed by atoms with Gasteiger partial charge in [-0.05, 0) is 60.0 Å². The Balaban J connectivity index is 1.56. The number of benzene rings is 3. The van der Waals surface area contributed by atoms with Crippen LogP contribution in [0.3, 0.4) is 0 Å². The van der Waals surface area contributed by atoms with Gasteiger partial charge in [0.2, 0.25) is 0 Å². The number of likely N-dealkylation sites (tertiary alicyclic amines) is 1. The smallest absolute Gasteiger partial charge is 0.295 e. The molecule has 1 saturated heterocycles. The first-order chi connectivity index (χ1) is 17.0. The first-order valence-corrected chi connectivity index (χ1v) is 12.0. The van der Waals surface area contributed by atoms with Crippen LogP contribution in [0, 0.1) is 0 Å². The van der Waals surface area contributed by atoms with Crippen LogP contribution in [0.1, 0.15) is 22.7 Å². The summed E-state index contributed by atoms with van der Waals surface area (Å²) in [4.78, 5) is 31.3. The molecule has 35 heavy (non-hydrogen) atoms. The number of para-hydroxylation sites is 1. The third-order valence-electron chi connectivity index (χ3n) is 6.36. The molecule has 1 aromatic heterocycles. The largest absolute Gasteiger partial charge is 0.507 e. The molecule has 0 unspecified atom stereocenters.